The second kappa shape index (κ2) is 10.7. The van der Waals surface area contributed by atoms with Crippen LogP contribution in [0, 0.1) is 0 Å². The quantitative estimate of drug-likeness (QED) is 0.204. The Balaban J connectivity index is 1.53. The lowest BCUT2D eigenvalue weighted by atomic mass is 10.1. The monoisotopic (exact) mass is 462 g/mol. The molecule has 6 nitrogen and oxygen atoms in total. The summed E-state index contributed by atoms with van der Waals surface area (Å²) in [5, 5.41) is 13.9. The molecule has 0 saturated heterocycles. The van der Waals surface area contributed by atoms with Crippen LogP contribution in [0.25, 0.3) is 0 Å². The third kappa shape index (κ3) is 5.50. The number of hydrogen-bond donors (Lipinski definition) is 3. The summed E-state index contributed by atoms with van der Waals surface area (Å²) in [6.45, 7) is 2.02. The number of ether oxygens (including phenoxy) is 1. The van der Waals surface area contributed by atoms with Crippen molar-refractivity contribution in [1.82, 2.24) is 5.32 Å². The summed E-state index contributed by atoms with van der Waals surface area (Å²) in [6, 6.07) is 20.2. The molecule has 3 aromatic carbocycles. The summed E-state index contributed by atoms with van der Waals surface area (Å²) in [6.07, 6.45) is 3.93. The Kier molecular flexibility index (Phi) is 7.54. The van der Waals surface area contributed by atoms with Crippen LogP contribution in [-0.4, -0.2) is 37.8 Å². The molecule has 172 valence electrons. The van der Waals surface area contributed by atoms with Gasteiger partial charge in [0, 0.05) is 48.2 Å². The molecule has 1 unspecified atom stereocenters. The second-order valence-electron chi connectivity index (χ2n) is 7.91. The van der Waals surface area contributed by atoms with Crippen LogP contribution in [0.2, 0.25) is 0 Å². The fourth-order valence-corrected chi connectivity index (χ4v) is 4.30. The number of thioether (sulfide) groups is 1. The summed E-state index contributed by atoms with van der Waals surface area (Å²) in [5.74, 6) is 0.762. The topological polar surface area (TPSA) is 83.1 Å². The number of benzene rings is 3. The molecule has 0 spiro atoms. The highest BCUT2D eigenvalue weighted by Crippen LogP contribution is 2.38. The maximum Gasteiger partial charge on any atom is 0.143 e. The number of nitrogens with one attached hydrogen (secondary N) is 1. The van der Waals surface area contributed by atoms with Crippen molar-refractivity contribution in [3.8, 4) is 5.75 Å². The van der Waals surface area contributed by atoms with Crippen molar-refractivity contribution in [2.75, 3.05) is 37.1 Å². The molecule has 0 aliphatic carbocycles. The van der Waals surface area contributed by atoms with E-state index in [1.54, 1.807) is 25.0 Å². The molecule has 0 aromatic heterocycles. The molecule has 0 fully saturated rings. The SMILES string of the molecule is CN=Cc1cc(N2CCCOc3cc(C(O)NCc4ccc(SC)cc4)ccc32)ccc1N. The van der Waals surface area contributed by atoms with Gasteiger partial charge in [-0.25, -0.2) is 0 Å². The van der Waals surface area contributed by atoms with Crippen molar-refractivity contribution in [2.24, 2.45) is 4.99 Å². The summed E-state index contributed by atoms with van der Waals surface area (Å²) in [4.78, 5) is 7.56. The molecule has 1 heterocycles. The fraction of sp³-hybridized carbons (Fsp3) is 0.269. The van der Waals surface area contributed by atoms with Gasteiger partial charge in [0.2, 0.25) is 0 Å². The van der Waals surface area contributed by atoms with E-state index in [0.717, 1.165) is 46.8 Å². The Labute approximate surface area is 199 Å². The zero-order valence-corrected chi connectivity index (χ0v) is 19.8. The van der Waals surface area contributed by atoms with Crippen LogP contribution < -0.4 is 20.7 Å². The first-order valence-corrected chi connectivity index (χ1v) is 12.2. The lowest BCUT2D eigenvalue weighted by molar-refractivity contribution is 0.136. The third-order valence-corrected chi connectivity index (χ3v) is 6.43. The van der Waals surface area contributed by atoms with Crippen LogP contribution in [0.5, 0.6) is 5.75 Å². The summed E-state index contributed by atoms with van der Waals surface area (Å²) < 4.78 is 6.05. The van der Waals surface area contributed by atoms with E-state index in [4.69, 9.17) is 10.5 Å². The van der Waals surface area contributed by atoms with Gasteiger partial charge in [-0.15, -0.1) is 11.8 Å². The molecule has 1 aliphatic rings. The third-order valence-electron chi connectivity index (χ3n) is 5.68. The molecule has 0 bridgehead atoms. The minimum Gasteiger partial charge on any atom is -0.491 e. The van der Waals surface area contributed by atoms with E-state index in [2.05, 4.69) is 45.7 Å². The highest BCUT2D eigenvalue weighted by molar-refractivity contribution is 7.98. The van der Waals surface area contributed by atoms with E-state index in [1.807, 2.05) is 36.4 Å². The minimum absolute atomic E-state index is 0.576. The number of aliphatic imine (C=N–C) groups is 1. The molecule has 4 N–H and O–H groups in total. The van der Waals surface area contributed by atoms with Crippen molar-refractivity contribution >= 4 is 35.0 Å². The summed E-state index contributed by atoms with van der Waals surface area (Å²) >= 11 is 1.72. The number of rotatable bonds is 7. The normalized spacial score (nSPS) is 14.6. The minimum atomic E-state index is -0.792. The number of nitrogen functional groups attached to an aromatic ring is 1. The number of aliphatic hydroxyl groups is 1. The predicted octanol–water partition coefficient (Wildman–Crippen LogP) is 4.74. The van der Waals surface area contributed by atoms with Gasteiger partial charge in [-0.1, -0.05) is 18.2 Å². The first kappa shape index (κ1) is 23.2. The highest BCUT2D eigenvalue weighted by Gasteiger charge is 2.20. The van der Waals surface area contributed by atoms with Gasteiger partial charge in [0.25, 0.3) is 0 Å². The van der Waals surface area contributed by atoms with E-state index in [9.17, 15) is 5.11 Å². The van der Waals surface area contributed by atoms with Gasteiger partial charge in [0.15, 0.2) is 0 Å². The van der Waals surface area contributed by atoms with Gasteiger partial charge >= 0.3 is 0 Å². The van der Waals surface area contributed by atoms with Crippen molar-refractivity contribution < 1.29 is 9.84 Å². The van der Waals surface area contributed by atoms with E-state index in [1.165, 1.54) is 4.90 Å². The molecule has 0 saturated carbocycles. The van der Waals surface area contributed by atoms with Crippen molar-refractivity contribution in [2.45, 2.75) is 24.1 Å². The van der Waals surface area contributed by atoms with Gasteiger partial charge in [-0.3, -0.25) is 10.3 Å². The highest BCUT2D eigenvalue weighted by atomic mass is 32.2. The first-order chi connectivity index (χ1) is 16.1. The van der Waals surface area contributed by atoms with Gasteiger partial charge in [0.1, 0.15) is 12.0 Å². The predicted molar refractivity (Wildman–Crippen MR) is 138 cm³/mol. The van der Waals surface area contributed by atoms with Crippen molar-refractivity contribution in [3.05, 3.63) is 77.4 Å². The molecular weight excluding hydrogens is 432 g/mol. The molecule has 0 amide bonds. The second-order valence-corrected chi connectivity index (χ2v) is 8.79. The maximum atomic E-state index is 10.8. The van der Waals surface area contributed by atoms with Crippen LogP contribution in [0.4, 0.5) is 17.1 Å². The van der Waals surface area contributed by atoms with Gasteiger partial charge < -0.3 is 20.5 Å². The number of nitrogens with two attached hydrogens (primary N) is 1. The van der Waals surface area contributed by atoms with E-state index >= 15 is 0 Å². The number of hydrogen-bond acceptors (Lipinski definition) is 7. The molecule has 4 rings (SSSR count). The number of nitrogens with zero attached hydrogens (tertiary/aromatic N) is 2. The molecule has 0 radical (unpaired) electrons. The molecule has 1 atom stereocenters. The molecule has 33 heavy (non-hydrogen) atoms. The Morgan fingerprint density at radius 2 is 2.00 bits per heavy atom. The number of aliphatic hydroxyl groups excluding tert-OH is 1. The maximum absolute atomic E-state index is 10.8. The Morgan fingerprint density at radius 1 is 1.18 bits per heavy atom. The zero-order valence-electron chi connectivity index (χ0n) is 19.0. The van der Waals surface area contributed by atoms with E-state index in [-0.39, 0.29) is 0 Å². The molecule has 7 heteroatoms. The van der Waals surface area contributed by atoms with Crippen LogP contribution in [0.3, 0.4) is 0 Å². The zero-order chi connectivity index (χ0) is 23.2. The van der Waals surface area contributed by atoms with Gasteiger partial charge in [0.05, 0.1) is 12.3 Å². The lowest BCUT2D eigenvalue weighted by Crippen LogP contribution is -2.21. The van der Waals surface area contributed by atoms with Crippen LogP contribution in [0.15, 0.2) is 70.6 Å². The summed E-state index contributed by atoms with van der Waals surface area (Å²) in [7, 11) is 1.74. The van der Waals surface area contributed by atoms with E-state index < -0.39 is 6.23 Å². The largest absolute Gasteiger partial charge is 0.491 e. The molecule has 3 aromatic rings. The average molecular weight is 463 g/mol. The van der Waals surface area contributed by atoms with Gasteiger partial charge in [-0.05, 0) is 66.3 Å². The van der Waals surface area contributed by atoms with Crippen molar-refractivity contribution in [1.29, 1.82) is 0 Å². The van der Waals surface area contributed by atoms with Gasteiger partial charge in [-0.2, -0.15) is 0 Å². The average Bonchev–Trinajstić information content (AvgIpc) is 3.06. The summed E-state index contributed by atoms with van der Waals surface area (Å²) in [5.41, 5.74) is 11.6. The first-order valence-electron chi connectivity index (χ1n) is 11.0. The van der Waals surface area contributed by atoms with Crippen molar-refractivity contribution in [3.63, 3.8) is 0 Å². The number of anilines is 3. The van der Waals surface area contributed by atoms with Crippen LogP contribution in [-0.2, 0) is 6.54 Å². The lowest BCUT2D eigenvalue weighted by Gasteiger charge is -2.25. The van der Waals surface area contributed by atoms with Crippen LogP contribution >= 0.6 is 11.8 Å². The Bertz CT molecular complexity index is 1120. The molecule has 1 aliphatic heterocycles. The molecular formula is C26H30N4O2S. The smallest absolute Gasteiger partial charge is 0.143 e. The standard InChI is InChI=1S/C26H30N4O2S/c1-28-17-20-14-21(7-10-23(20)27)30-12-3-13-32-25-15-19(6-11-24(25)30)26(31)29-16-18-4-8-22(33-2)9-5-18/h4-11,14-15,17,26,29,31H,3,12-13,16,27H2,1-2H3. The Morgan fingerprint density at radius 3 is 2.76 bits per heavy atom. The fourth-order valence-electron chi connectivity index (χ4n) is 3.89. The Hall–Kier alpha value is -3.00. The van der Waals surface area contributed by atoms with E-state index in [0.29, 0.717) is 18.8 Å². The number of fused-ring (bicyclic) bond motifs is 1. The van der Waals surface area contributed by atoms with Crippen LogP contribution in [0.1, 0.15) is 29.3 Å².